The zero-order chi connectivity index (χ0) is 18.4. The van der Waals surface area contributed by atoms with Gasteiger partial charge in [-0.3, -0.25) is 25.4 Å². The number of aryl methyl sites for hydroxylation is 1. The lowest BCUT2D eigenvalue weighted by molar-refractivity contribution is 0.0842. The third-order valence-electron chi connectivity index (χ3n) is 3.24. The standard InChI is InChI=1S/C17H15N5O3S/c1-11-19-15(25-22-11)10-26-14-8-3-2-6-12(14)16(23)20-21-17(24)13-7-4-5-9-18-13/h2-9H,10H2,1H3,(H,20,23)(H,21,24). The second-order valence-corrected chi connectivity index (χ2v) is 6.16. The van der Waals surface area contributed by atoms with E-state index in [-0.39, 0.29) is 5.69 Å². The van der Waals surface area contributed by atoms with Crippen LogP contribution in [0.3, 0.4) is 0 Å². The van der Waals surface area contributed by atoms with Crippen LogP contribution in [0.4, 0.5) is 0 Å². The van der Waals surface area contributed by atoms with Gasteiger partial charge >= 0.3 is 0 Å². The third-order valence-corrected chi connectivity index (χ3v) is 4.30. The highest BCUT2D eigenvalue weighted by Crippen LogP contribution is 2.25. The van der Waals surface area contributed by atoms with Gasteiger partial charge in [-0.15, -0.1) is 11.8 Å². The van der Waals surface area contributed by atoms with Crippen LogP contribution in [0.1, 0.15) is 32.6 Å². The molecule has 0 aliphatic carbocycles. The maximum Gasteiger partial charge on any atom is 0.288 e. The molecule has 3 rings (SSSR count). The molecule has 9 heteroatoms. The van der Waals surface area contributed by atoms with Gasteiger partial charge in [0.15, 0.2) is 5.82 Å². The van der Waals surface area contributed by atoms with Crippen LogP contribution >= 0.6 is 11.8 Å². The summed E-state index contributed by atoms with van der Waals surface area (Å²) in [6.45, 7) is 1.74. The average molecular weight is 369 g/mol. The Balaban J connectivity index is 1.63. The second-order valence-electron chi connectivity index (χ2n) is 5.14. The Bertz CT molecular complexity index is 914. The number of nitrogens with zero attached hydrogens (tertiary/aromatic N) is 3. The fourth-order valence-electron chi connectivity index (χ4n) is 2.06. The summed E-state index contributed by atoms with van der Waals surface area (Å²) in [6.07, 6.45) is 1.50. The first-order chi connectivity index (χ1) is 12.6. The van der Waals surface area contributed by atoms with Gasteiger partial charge in [-0.05, 0) is 31.2 Å². The van der Waals surface area contributed by atoms with Crippen LogP contribution in [0, 0.1) is 6.92 Å². The Kier molecular flexibility index (Phi) is 5.59. The number of amides is 2. The van der Waals surface area contributed by atoms with E-state index in [0.29, 0.717) is 23.0 Å². The molecule has 0 aliphatic heterocycles. The average Bonchev–Trinajstić information content (AvgIpc) is 3.10. The molecule has 26 heavy (non-hydrogen) atoms. The molecule has 2 heterocycles. The molecule has 0 unspecified atom stereocenters. The molecule has 0 spiro atoms. The van der Waals surface area contributed by atoms with Gasteiger partial charge in [-0.25, -0.2) is 0 Å². The van der Waals surface area contributed by atoms with E-state index in [1.54, 1.807) is 37.3 Å². The quantitative estimate of drug-likeness (QED) is 0.524. The minimum absolute atomic E-state index is 0.210. The normalized spacial score (nSPS) is 10.3. The van der Waals surface area contributed by atoms with Gasteiger partial charge in [-0.1, -0.05) is 23.4 Å². The highest BCUT2D eigenvalue weighted by atomic mass is 32.2. The van der Waals surface area contributed by atoms with Crippen molar-refractivity contribution in [3.05, 3.63) is 71.6 Å². The van der Waals surface area contributed by atoms with Crippen LogP contribution in [-0.2, 0) is 5.75 Å². The highest BCUT2D eigenvalue weighted by Gasteiger charge is 2.14. The molecular weight excluding hydrogens is 354 g/mol. The number of rotatable bonds is 5. The van der Waals surface area contributed by atoms with Gasteiger partial charge in [0.25, 0.3) is 11.8 Å². The zero-order valence-corrected chi connectivity index (χ0v) is 14.6. The van der Waals surface area contributed by atoms with Gasteiger partial charge in [0.2, 0.25) is 5.89 Å². The van der Waals surface area contributed by atoms with E-state index >= 15 is 0 Å². The molecule has 3 aromatic rings. The number of hydrazine groups is 1. The smallest absolute Gasteiger partial charge is 0.288 e. The number of thioether (sulfide) groups is 1. The van der Waals surface area contributed by atoms with Crippen molar-refractivity contribution in [2.24, 2.45) is 0 Å². The van der Waals surface area contributed by atoms with Crippen molar-refractivity contribution in [1.82, 2.24) is 26.0 Å². The molecule has 0 aliphatic rings. The van der Waals surface area contributed by atoms with Crippen LogP contribution in [0.25, 0.3) is 0 Å². The fourth-order valence-corrected chi connectivity index (χ4v) is 2.95. The Hall–Kier alpha value is -3.20. The first-order valence-corrected chi connectivity index (χ1v) is 8.65. The van der Waals surface area contributed by atoms with Crippen molar-refractivity contribution < 1.29 is 14.1 Å². The molecule has 2 amide bonds. The number of hydrogen-bond acceptors (Lipinski definition) is 7. The molecule has 0 bridgehead atoms. The van der Waals surface area contributed by atoms with E-state index in [2.05, 4.69) is 26.0 Å². The molecule has 0 fully saturated rings. The van der Waals surface area contributed by atoms with Crippen LogP contribution in [0.2, 0.25) is 0 Å². The summed E-state index contributed by atoms with van der Waals surface area (Å²) in [6, 6.07) is 12.0. The topological polar surface area (TPSA) is 110 Å². The van der Waals surface area contributed by atoms with Crippen molar-refractivity contribution in [2.75, 3.05) is 0 Å². The number of nitrogens with one attached hydrogen (secondary N) is 2. The lowest BCUT2D eigenvalue weighted by Crippen LogP contribution is -2.42. The molecule has 0 saturated carbocycles. The van der Waals surface area contributed by atoms with Crippen LogP contribution in [0.5, 0.6) is 0 Å². The first kappa shape index (κ1) is 17.6. The minimum atomic E-state index is -0.495. The van der Waals surface area contributed by atoms with Gasteiger partial charge in [0.05, 0.1) is 11.3 Å². The van der Waals surface area contributed by atoms with E-state index in [4.69, 9.17) is 4.52 Å². The maximum absolute atomic E-state index is 12.4. The molecule has 0 saturated heterocycles. The molecule has 8 nitrogen and oxygen atoms in total. The number of hydrogen-bond donors (Lipinski definition) is 2. The first-order valence-electron chi connectivity index (χ1n) is 7.66. The van der Waals surface area contributed by atoms with Crippen molar-refractivity contribution >= 4 is 23.6 Å². The van der Waals surface area contributed by atoms with E-state index in [9.17, 15) is 9.59 Å². The van der Waals surface area contributed by atoms with Gasteiger partial charge < -0.3 is 4.52 Å². The highest BCUT2D eigenvalue weighted by molar-refractivity contribution is 7.98. The number of pyridine rings is 1. The maximum atomic E-state index is 12.4. The Morgan fingerprint density at radius 1 is 1.08 bits per heavy atom. The molecule has 2 N–H and O–H groups in total. The summed E-state index contributed by atoms with van der Waals surface area (Å²) in [4.78, 5) is 33.1. The van der Waals surface area contributed by atoms with Gasteiger partial charge in [0.1, 0.15) is 5.69 Å². The molecule has 2 aromatic heterocycles. The summed E-state index contributed by atoms with van der Waals surface area (Å²) in [5.74, 6) is 0.547. The second kappa shape index (κ2) is 8.26. The van der Waals surface area contributed by atoms with Crippen LogP contribution in [0.15, 0.2) is 58.1 Å². The summed E-state index contributed by atoms with van der Waals surface area (Å²) < 4.78 is 5.07. The van der Waals surface area contributed by atoms with E-state index < -0.39 is 11.8 Å². The number of carbonyl (C=O) groups is 2. The summed E-state index contributed by atoms with van der Waals surface area (Å²) in [7, 11) is 0. The van der Waals surface area contributed by atoms with E-state index in [1.807, 2.05) is 12.1 Å². The summed E-state index contributed by atoms with van der Waals surface area (Å²) >= 11 is 1.39. The van der Waals surface area contributed by atoms with Crippen molar-refractivity contribution in [3.8, 4) is 0 Å². The third kappa shape index (κ3) is 4.45. The molecule has 0 radical (unpaired) electrons. The van der Waals surface area contributed by atoms with Crippen molar-refractivity contribution in [3.63, 3.8) is 0 Å². The Morgan fingerprint density at radius 2 is 1.85 bits per heavy atom. The molecule has 0 atom stereocenters. The monoisotopic (exact) mass is 369 g/mol. The predicted octanol–water partition coefficient (Wildman–Crippen LogP) is 2.14. The molecular formula is C17H15N5O3S. The predicted molar refractivity (Wildman–Crippen MR) is 94.2 cm³/mol. The number of carbonyl (C=O) groups excluding carboxylic acids is 2. The lowest BCUT2D eigenvalue weighted by atomic mass is 10.2. The van der Waals surface area contributed by atoms with Crippen molar-refractivity contribution in [1.29, 1.82) is 0 Å². The van der Waals surface area contributed by atoms with Gasteiger partial charge in [-0.2, -0.15) is 4.98 Å². The van der Waals surface area contributed by atoms with Crippen molar-refractivity contribution in [2.45, 2.75) is 17.6 Å². The lowest BCUT2D eigenvalue weighted by Gasteiger charge is -2.10. The largest absolute Gasteiger partial charge is 0.338 e. The van der Waals surface area contributed by atoms with Crippen LogP contribution in [-0.4, -0.2) is 26.9 Å². The number of benzene rings is 1. The number of aromatic nitrogens is 3. The zero-order valence-electron chi connectivity index (χ0n) is 13.8. The van der Waals surface area contributed by atoms with E-state index in [0.717, 1.165) is 4.90 Å². The Morgan fingerprint density at radius 3 is 2.58 bits per heavy atom. The summed E-state index contributed by atoms with van der Waals surface area (Å²) in [5, 5.41) is 3.73. The van der Waals surface area contributed by atoms with Crippen LogP contribution < -0.4 is 10.9 Å². The minimum Gasteiger partial charge on any atom is -0.338 e. The fraction of sp³-hybridized carbons (Fsp3) is 0.118. The Labute approximate surface area is 153 Å². The SMILES string of the molecule is Cc1noc(CSc2ccccc2C(=O)NNC(=O)c2ccccn2)n1. The summed E-state index contributed by atoms with van der Waals surface area (Å²) in [5.41, 5.74) is 5.38. The van der Waals surface area contributed by atoms with E-state index in [1.165, 1.54) is 18.0 Å². The molecule has 1 aromatic carbocycles. The van der Waals surface area contributed by atoms with Gasteiger partial charge in [0, 0.05) is 11.1 Å². The molecule has 132 valence electrons.